The third-order valence-electron chi connectivity index (χ3n) is 4.89. The molecule has 0 spiro atoms. The number of rotatable bonds is 4. The van der Waals surface area contributed by atoms with E-state index in [4.69, 9.17) is 5.73 Å². The molecule has 2 aliphatic rings. The van der Waals surface area contributed by atoms with Gasteiger partial charge in [0.05, 0.1) is 11.9 Å². The van der Waals surface area contributed by atoms with Gasteiger partial charge in [-0.3, -0.25) is 9.58 Å². The highest BCUT2D eigenvalue weighted by atomic mass is 32.2. The average molecular weight is 360 g/mol. The molecular formula is C17H25N7S. The van der Waals surface area contributed by atoms with Crippen molar-refractivity contribution in [3.63, 3.8) is 0 Å². The average Bonchev–Trinajstić information content (AvgIpc) is 3.18. The summed E-state index contributed by atoms with van der Waals surface area (Å²) in [6.45, 7) is 2.91. The molecule has 0 aliphatic carbocycles. The summed E-state index contributed by atoms with van der Waals surface area (Å²) in [4.78, 5) is 11.5. The van der Waals surface area contributed by atoms with Crippen molar-refractivity contribution in [2.45, 2.75) is 31.8 Å². The highest BCUT2D eigenvalue weighted by Crippen LogP contribution is 2.26. The van der Waals surface area contributed by atoms with E-state index in [0.717, 1.165) is 49.7 Å². The van der Waals surface area contributed by atoms with E-state index in [0.29, 0.717) is 12.0 Å². The summed E-state index contributed by atoms with van der Waals surface area (Å²) in [5.41, 5.74) is 9.58. The number of anilines is 2. The number of thioether (sulfide) groups is 1. The molecule has 0 radical (unpaired) electrons. The first-order valence-corrected chi connectivity index (χ1v) is 10.0. The molecule has 2 aromatic heterocycles. The standard InChI is InChI=1S/C17H25N7S/c1-23-9-12(8-19-23)10-24-5-2-14-15(3-6-24)21-17(18)22-16(14)20-13-4-7-25-11-13/h8-9,13H,2-7,10-11H2,1H3,(H3,18,20,21,22)/t13-/m1/s1. The van der Waals surface area contributed by atoms with E-state index < -0.39 is 0 Å². The van der Waals surface area contributed by atoms with Crippen LogP contribution in [0.2, 0.25) is 0 Å². The molecule has 0 unspecified atom stereocenters. The predicted molar refractivity (Wildman–Crippen MR) is 102 cm³/mol. The molecule has 1 fully saturated rings. The summed E-state index contributed by atoms with van der Waals surface area (Å²) in [6.07, 6.45) is 7.09. The van der Waals surface area contributed by atoms with Gasteiger partial charge in [0, 0.05) is 62.2 Å². The van der Waals surface area contributed by atoms with Crippen LogP contribution in [0.1, 0.15) is 23.2 Å². The van der Waals surface area contributed by atoms with Gasteiger partial charge in [0.15, 0.2) is 0 Å². The van der Waals surface area contributed by atoms with Crippen LogP contribution in [0.15, 0.2) is 12.4 Å². The molecule has 8 heteroatoms. The Kier molecular flexibility index (Phi) is 4.80. The third-order valence-corrected chi connectivity index (χ3v) is 6.05. The van der Waals surface area contributed by atoms with Crippen LogP contribution in [0.3, 0.4) is 0 Å². The van der Waals surface area contributed by atoms with Gasteiger partial charge in [-0.1, -0.05) is 0 Å². The van der Waals surface area contributed by atoms with Gasteiger partial charge >= 0.3 is 0 Å². The lowest BCUT2D eigenvalue weighted by Gasteiger charge is -2.19. The van der Waals surface area contributed by atoms with Crippen molar-refractivity contribution in [2.75, 3.05) is 35.6 Å². The van der Waals surface area contributed by atoms with Crippen LogP contribution in [0, 0.1) is 0 Å². The lowest BCUT2D eigenvalue weighted by atomic mass is 10.1. The highest BCUT2D eigenvalue weighted by Gasteiger charge is 2.23. The zero-order chi connectivity index (χ0) is 17.2. The van der Waals surface area contributed by atoms with Gasteiger partial charge in [0.1, 0.15) is 5.82 Å². The van der Waals surface area contributed by atoms with E-state index in [1.807, 2.05) is 29.7 Å². The molecule has 1 atom stereocenters. The fourth-order valence-electron chi connectivity index (χ4n) is 3.60. The summed E-state index contributed by atoms with van der Waals surface area (Å²) < 4.78 is 1.86. The molecule has 3 N–H and O–H groups in total. The fourth-order valence-corrected chi connectivity index (χ4v) is 4.75. The number of hydrogen-bond donors (Lipinski definition) is 2. The minimum absolute atomic E-state index is 0.382. The van der Waals surface area contributed by atoms with Gasteiger partial charge in [-0.05, 0) is 18.6 Å². The number of hydrogen-bond acceptors (Lipinski definition) is 7. The van der Waals surface area contributed by atoms with Crippen molar-refractivity contribution in [3.05, 3.63) is 29.2 Å². The topological polar surface area (TPSA) is 84.9 Å². The largest absolute Gasteiger partial charge is 0.368 e. The van der Waals surface area contributed by atoms with Gasteiger partial charge in [0.2, 0.25) is 5.95 Å². The number of fused-ring (bicyclic) bond motifs is 1. The summed E-state index contributed by atoms with van der Waals surface area (Å²) >= 11 is 2.00. The van der Waals surface area contributed by atoms with Crippen LogP contribution in [-0.2, 0) is 26.4 Å². The Morgan fingerprint density at radius 1 is 1.32 bits per heavy atom. The van der Waals surface area contributed by atoms with E-state index in [2.05, 4.69) is 31.5 Å². The van der Waals surface area contributed by atoms with Crippen LogP contribution in [0.5, 0.6) is 0 Å². The van der Waals surface area contributed by atoms with E-state index in [9.17, 15) is 0 Å². The molecule has 25 heavy (non-hydrogen) atoms. The van der Waals surface area contributed by atoms with Crippen LogP contribution >= 0.6 is 11.8 Å². The Labute approximate surface area is 152 Å². The Balaban J connectivity index is 1.50. The summed E-state index contributed by atoms with van der Waals surface area (Å²) in [7, 11) is 1.96. The van der Waals surface area contributed by atoms with Crippen molar-refractivity contribution in [3.8, 4) is 0 Å². The zero-order valence-electron chi connectivity index (χ0n) is 14.6. The number of nitrogens with two attached hydrogens (primary N) is 1. The second kappa shape index (κ2) is 7.21. The molecule has 7 nitrogen and oxygen atoms in total. The Morgan fingerprint density at radius 2 is 2.20 bits per heavy atom. The first-order valence-electron chi connectivity index (χ1n) is 8.87. The summed E-state index contributed by atoms with van der Waals surface area (Å²) in [5.74, 6) is 3.70. The zero-order valence-corrected chi connectivity index (χ0v) is 15.4. The Morgan fingerprint density at radius 3 is 2.96 bits per heavy atom. The maximum absolute atomic E-state index is 5.98. The number of aromatic nitrogens is 4. The quantitative estimate of drug-likeness (QED) is 0.851. The highest BCUT2D eigenvalue weighted by molar-refractivity contribution is 7.99. The van der Waals surface area contributed by atoms with Gasteiger partial charge < -0.3 is 11.1 Å². The fraction of sp³-hybridized carbons (Fsp3) is 0.588. The SMILES string of the molecule is Cn1cc(CN2CCc3nc(N)nc(N[C@@H]4CCSC4)c3CC2)cn1. The molecule has 1 saturated heterocycles. The van der Waals surface area contributed by atoms with Crippen molar-refractivity contribution in [1.29, 1.82) is 0 Å². The van der Waals surface area contributed by atoms with Crippen LogP contribution in [0.4, 0.5) is 11.8 Å². The number of nitrogen functional groups attached to an aromatic ring is 1. The lowest BCUT2D eigenvalue weighted by molar-refractivity contribution is 0.279. The molecule has 4 heterocycles. The predicted octanol–water partition coefficient (Wildman–Crippen LogP) is 1.31. The molecule has 134 valence electrons. The smallest absolute Gasteiger partial charge is 0.222 e. The minimum atomic E-state index is 0.382. The van der Waals surface area contributed by atoms with E-state index in [-0.39, 0.29) is 0 Å². The molecule has 4 rings (SSSR count). The van der Waals surface area contributed by atoms with Crippen molar-refractivity contribution in [2.24, 2.45) is 7.05 Å². The second-order valence-corrected chi connectivity index (χ2v) is 8.01. The van der Waals surface area contributed by atoms with Gasteiger partial charge in [-0.15, -0.1) is 0 Å². The number of aryl methyl sites for hydroxylation is 1. The van der Waals surface area contributed by atoms with Gasteiger partial charge in [0.25, 0.3) is 0 Å². The summed E-state index contributed by atoms with van der Waals surface area (Å²) in [6, 6.07) is 0.498. The van der Waals surface area contributed by atoms with E-state index in [1.165, 1.54) is 23.3 Å². The van der Waals surface area contributed by atoms with Gasteiger partial charge in [-0.2, -0.15) is 21.8 Å². The Hall–Kier alpha value is -1.80. The first-order chi connectivity index (χ1) is 12.2. The summed E-state index contributed by atoms with van der Waals surface area (Å²) in [5, 5.41) is 7.89. The molecule has 2 aromatic rings. The van der Waals surface area contributed by atoms with E-state index in [1.54, 1.807) is 0 Å². The molecule has 0 aromatic carbocycles. The van der Waals surface area contributed by atoms with Crippen molar-refractivity contribution < 1.29 is 0 Å². The lowest BCUT2D eigenvalue weighted by Crippen LogP contribution is -2.26. The molecule has 0 bridgehead atoms. The number of nitrogens with one attached hydrogen (secondary N) is 1. The minimum Gasteiger partial charge on any atom is -0.368 e. The second-order valence-electron chi connectivity index (χ2n) is 6.86. The molecular weight excluding hydrogens is 334 g/mol. The van der Waals surface area contributed by atoms with Gasteiger partial charge in [-0.25, -0.2) is 4.98 Å². The third kappa shape index (κ3) is 3.90. The molecule has 0 amide bonds. The van der Waals surface area contributed by atoms with E-state index >= 15 is 0 Å². The monoisotopic (exact) mass is 359 g/mol. The number of nitrogens with zero attached hydrogens (tertiary/aromatic N) is 5. The first kappa shape index (κ1) is 16.7. The molecule has 0 saturated carbocycles. The normalized spacial score (nSPS) is 21.1. The molecule has 2 aliphatic heterocycles. The maximum atomic E-state index is 5.98. The van der Waals surface area contributed by atoms with Crippen LogP contribution < -0.4 is 11.1 Å². The van der Waals surface area contributed by atoms with Crippen molar-refractivity contribution in [1.82, 2.24) is 24.6 Å². The van der Waals surface area contributed by atoms with Crippen molar-refractivity contribution >= 4 is 23.5 Å². The Bertz CT molecular complexity index is 739. The maximum Gasteiger partial charge on any atom is 0.222 e. The van der Waals surface area contributed by atoms with Crippen LogP contribution in [0.25, 0.3) is 0 Å². The van der Waals surface area contributed by atoms with Crippen LogP contribution in [-0.4, -0.2) is 55.3 Å².